The van der Waals surface area contributed by atoms with Gasteiger partial charge in [-0.25, -0.2) is 19.9 Å². The lowest BCUT2D eigenvalue weighted by atomic mass is 9.65. The Hall–Kier alpha value is -8.02. The van der Waals surface area contributed by atoms with Gasteiger partial charge in [0.25, 0.3) is 0 Å². The van der Waals surface area contributed by atoms with Crippen LogP contribution >= 0.6 is 0 Å². The number of rotatable bonds is 5. The van der Waals surface area contributed by atoms with Crippen LogP contribution in [0.1, 0.15) is 22.3 Å². The van der Waals surface area contributed by atoms with Crippen molar-refractivity contribution in [2.45, 2.75) is 5.41 Å². The molecule has 0 atom stereocenters. The maximum Gasteiger partial charge on any atom is 0.164 e. The molecule has 0 saturated carbocycles. The third kappa shape index (κ3) is 5.33. The molecular formula is C55H34N4O. The minimum absolute atomic E-state index is 0.625. The number of hydrogen-bond donors (Lipinski definition) is 0. The summed E-state index contributed by atoms with van der Waals surface area (Å²) in [7, 11) is 0. The molecule has 3 heterocycles. The molecule has 8 aromatic carbocycles. The Bertz CT molecular complexity index is 3190. The van der Waals surface area contributed by atoms with Crippen LogP contribution in [0.4, 0.5) is 0 Å². The lowest BCUT2D eigenvalue weighted by Gasteiger charge is -2.40. The van der Waals surface area contributed by atoms with Crippen LogP contribution in [0.2, 0.25) is 0 Å². The van der Waals surface area contributed by atoms with Crippen molar-refractivity contribution in [1.82, 2.24) is 19.9 Å². The van der Waals surface area contributed by atoms with Crippen molar-refractivity contribution >= 4 is 10.9 Å². The first-order chi connectivity index (χ1) is 29.7. The highest BCUT2D eigenvalue weighted by atomic mass is 16.5. The zero-order chi connectivity index (χ0) is 39.6. The summed E-state index contributed by atoms with van der Waals surface area (Å²) in [4.78, 5) is 19.9. The highest BCUT2D eigenvalue weighted by molar-refractivity contribution is 5.90. The van der Waals surface area contributed by atoms with E-state index in [1.165, 1.54) is 22.3 Å². The molecule has 1 aliphatic heterocycles. The molecule has 280 valence electrons. The second kappa shape index (κ2) is 13.5. The molecule has 2 aliphatic rings. The number of benzene rings is 8. The molecule has 0 amide bonds. The lowest BCUT2D eigenvalue weighted by Crippen LogP contribution is -2.32. The summed E-state index contributed by atoms with van der Waals surface area (Å²) in [5.74, 6) is 3.59. The second-order valence-electron chi connectivity index (χ2n) is 15.4. The maximum absolute atomic E-state index is 6.88. The van der Waals surface area contributed by atoms with E-state index in [-0.39, 0.29) is 0 Å². The Kier molecular flexibility index (Phi) is 7.69. The standard InChI is InChI=1S/C55H34N4O/c1-3-14-37(15-4-1)52-57-53(38-16-5-2-6-17-38)59-54(58-52)39-25-23-35(24-26-39)40-28-31-50-46(33-40)55(44-20-10-8-18-42(44)43-19-9-11-21-45(43)55)47-34-41(29-32-51(47)60-50)49-30-27-36-13-7-12-22-48(36)56-49/h1-34H. The van der Waals surface area contributed by atoms with E-state index in [0.29, 0.717) is 17.5 Å². The quantitative estimate of drug-likeness (QED) is 0.175. The Morgan fingerprint density at radius 3 is 1.40 bits per heavy atom. The largest absolute Gasteiger partial charge is 0.457 e. The molecule has 2 aromatic heterocycles. The fourth-order valence-electron chi connectivity index (χ4n) is 9.22. The third-order valence-corrected chi connectivity index (χ3v) is 12.0. The van der Waals surface area contributed by atoms with Gasteiger partial charge in [-0.15, -0.1) is 0 Å². The Labute approximate surface area is 347 Å². The average molecular weight is 767 g/mol. The first kappa shape index (κ1) is 34.1. The van der Waals surface area contributed by atoms with Gasteiger partial charge in [0, 0.05) is 38.8 Å². The number of pyridine rings is 1. The van der Waals surface area contributed by atoms with Crippen molar-refractivity contribution in [1.29, 1.82) is 0 Å². The van der Waals surface area contributed by atoms with Gasteiger partial charge >= 0.3 is 0 Å². The van der Waals surface area contributed by atoms with Gasteiger partial charge in [0.15, 0.2) is 17.5 Å². The Balaban J connectivity index is 1.01. The molecular weight excluding hydrogens is 733 g/mol. The third-order valence-electron chi connectivity index (χ3n) is 12.0. The van der Waals surface area contributed by atoms with Crippen LogP contribution in [0.5, 0.6) is 11.5 Å². The van der Waals surface area contributed by atoms with Crippen LogP contribution in [-0.2, 0) is 5.41 Å². The van der Waals surface area contributed by atoms with Crippen molar-refractivity contribution < 1.29 is 4.74 Å². The summed E-state index contributed by atoms with van der Waals surface area (Å²) in [6.07, 6.45) is 0. The number of nitrogens with zero attached hydrogens (tertiary/aromatic N) is 4. The molecule has 12 rings (SSSR count). The maximum atomic E-state index is 6.88. The van der Waals surface area contributed by atoms with E-state index < -0.39 is 5.41 Å². The van der Waals surface area contributed by atoms with E-state index in [9.17, 15) is 0 Å². The molecule has 0 unspecified atom stereocenters. The zero-order valence-electron chi connectivity index (χ0n) is 32.3. The smallest absolute Gasteiger partial charge is 0.164 e. The molecule has 0 bridgehead atoms. The van der Waals surface area contributed by atoms with Crippen LogP contribution in [0, 0.1) is 0 Å². The van der Waals surface area contributed by atoms with Gasteiger partial charge in [-0.3, -0.25) is 0 Å². The number of hydrogen-bond acceptors (Lipinski definition) is 5. The van der Waals surface area contributed by atoms with Gasteiger partial charge < -0.3 is 4.74 Å². The van der Waals surface area contributed by atoms with Gasteiger partial charge in [-0.05, 0) is 75.8 Å². The first-order valence-electron chi connectivity index (χ1n) is 20.2. The molecule has 10 aromatic rings. The predicted octanol–water partition coefficient (Wildman–Crippen LogP) is 13.2. The lowest BCUT2D eigenvalue weighted by molar-refractivity contribution is 0.436. The van der Waals surface area contributed by atoms with Crippen LogP contribution in [0.25, 0.3) is 78.6 Å². The summed E-state index contributed by atoms with van der Waals surface area (Å²) in [5, 5.41) is 1.12. The molecule has 5 nitrogen and oxygen atoms in total. The number of ether oxygens (including phenoxy) is 1. The molecule has 0 fully saturated rings. The molecule has 0 saturated heterocycles. The minimum Gasteiger partial charge on any atom is -0.457 e. The highest BCUT2D eigenvalue weighted by Crippen LogP contribution is 2.62. The normalized spacial score (nSPS) is 12.9. The van der Waals surface area contributed by atoms with Crippen molar-refractivity contribution in [3.8, 4) is 79.2 Å². The topological polar surface area (TPSA) is 60.8 Å². The predicted molar refractivity (Wildman–Crippen MR) is 240 cm³/mol. The molecule has 60 heavy (non-hydrogen) atoms. The van der Waals surface area contributed by atoms with Crippen molar-refractivity contribution in [3.05, 3.63) is 229 Å². The Morgan fingerprint density at radius 1 is 0.317 bits per heavy atom. The van der Waals surface area contributed by atoms with Gasteiger partial charge in [0.2, 0.25) is 0 Å². The van der Waals surface area contributed by atoms with Gasteiger partial charge in [0.05, 0.1) is 16.6 Å². The molecule has 0 radical (unpaired) electrons. The fraction of sp³-hybridized carbons (Fsp3) is 0.0182. The van der Waals surface area contributed by atoms with Crippen LogP contribution < -0.4 is 4.74 Å². The summed E-state index contributed by atoms with van der Waals surface area (Å²) < 4.78 is 6.88. The Morgan fingerprint density at radius 2 is 0.783 bits per heavy atom. The van der Waals surface area contributed by atoms with Gasteiger partial charge in [-0.2, -0.15) is 0 Å². The summed E-state index contributed by atoms with van der Waals surface area (Å²) in [5.41, 5.74) is 14.4. The van der Waals surface area contributed by atoms with Crippen LogP contribution in [0.3, 0.4) is 0 Å². The van der Waals surface area contributed by atoms with Crippen LogP contribution in [-0.4, -0.2) is 19.9 Å². The average Bonchev–Trinajstić information content (AvgIpc) is 3.62. The minimum atomic E-state index is -0.633. The monoisotopic (exact) mass is 766 g/mol. The summed E-state index contributed by atoms with van der Waals surface area (Å²) in [6.45, 7) is 0. The van der Waals surface area contributed by atoms with E-state index >= 15 is 0 Å². The molecule has 5 heteroatoms. The van der Waals surface area contributed by atoms with E-state index in [0.717, 1.165) is 72.6 Å². The zero-order valence-corrected chi connectivity index (χ0v) is 32.3. The molecule has 0 N–H and O–H groups in total. The van der Waals surface area contributed by atoms with Gasteiger partial charge in [0.1, 0.15) is 11.5 Å². The second-order valence-corrected chi connectivity index (χ2v) is 15.4. The van der Waals surface area contributed by atoms with E-state index in [1.54, 1.807) is 0 Å². The van der Waals surface area contributed by atoms with E-state index in [4.69, 9.17) is 24.7 Å². The highest BCUT2D eigenvalue weighted by Gasteiger charge is 2.51. The van der Waals surface area contributed by atoms with Crippen LogP contribution in [0.15, 0.2) is 206 Å². The van der Waals surface area contributed by atoms with E-state index in [1.807, 2.05) is 66.7 Å². The number of fused-ring (bicyclic) bond motifs is 10. The van der Waals surface area contributed by atoms with Crippen molar-refractivity contribution in [2.75, 3.05) is 0 Å². The molecule has 1 spiro atoms. The molecule has 1 aliphatic carbocycles. The number of para-hydroxylation sites is 1. The van der Waals surface area contributed by atoms with Crippen molar-refractivity contribution in [2.24, 2.45) is 0 Å². The fourth-order valence-corrected chi connectivity index (χ4v) is 9.22. The first-order valence-corrected chi connectivity index (χ1v) is 20.2. The summed E-state index contributed by atoms with van der Waals surface area (Å²) in [6, 6.07) is 72.1. The van der Waals surface area contributed by atoms with E-state index in [2.05, 4.69) is 140 Å². The SMILES string of the molecule is c1ccc(-c2nc(-c3ccccc3)nc(-c3ccc(-c4ccc5c(c4)C4(c6cc(-c7ccc8ccccc8n7)ccc6O5)c5ccccc5-c5ccccc54)cc3)n2)cc1. The van der Waals surface area contributed by atoms with Crippen molar-refractivity contribution in [3.63, 3.8) is 0 Å². The number of aromatic nitrogens is 4. The summed E-state index contributed by atoms with van der Waals surface area (Å²) >= 11 is 0. The van der Waals surface area contributed by atoms with Gasteiger partial charge in [-0.1, -0.05) is 164 Å².